The Morgan fingerprint density at radius 1 is 1.00 bits per heavy atom. The Labute approximate surface area is 200 Å². The molecule has 1 aromatic heterocycles. The van der Waals surface area contributed by atoms with Gasteiger partial charge in [0.25, 0.3) is 5.56 Å². The summed E-state index contributed by atoms with van der Waals surface area (Å²) >= 11 is 6.28. The summed E-state index contributed by atoms with van der Waals surface area (Å²) in [5.74, 6) is -1.46. The maximum absolute atomic E-state index is 13.6. The second-order valence-electron chi connectivity index (χ2n) is 7.93. The van der Waals surface area contributed by atoms with Crippen LogP contribution >= 0.6 is 11.6 Å². The molecule has 170 valence electrons. The third-order valence-corrected chi connectivity index (χ3v) is 5.66. The number of nitrogens with two attached hydrogens (primary N) is 1. The Balaban J connectivity index is 2.08. The van der Waals surface area contributed by atoms with Gasteiger partial charge in [0, 0.05) is 27.7 Å². The van der Waals surface area contributed by atoms with Gasteiger partial charge in [-0.3, -0.25) is 14.2 Å². The van der Waals surface area contributed by atoms with E-state index in [1.807, 2.05) is 30.3 Å². The fourth-order valence-electron chi connectivity index (χ4n) is 3.93. The summed E-state index contributed by atoms with van der Waals surface area (Å²) in [6.45, 7) is 1.67. The fourth-order valence-corrected chi connectivity index (χ4v) is 4.11. The molecule has 4 rings (SSSR count). The minimum absolute atomic E-state index is 0.0651. The molecule has 0 unspecified atom stereocenters. The summed E-state index contributed by atoms with van der Waals surface area (Å²) in [5, 5.41) is 10.6. The molecule has 6 nitrogen and oxygen atoms in total. The highest BCUT2D eigenvalue weighted by Crippen LogP contribution is 2.33. The lowest BCUT2D eigenvalue weighted by molar-refractivity contribution is 0.0696. The number of halogens is 1. The molecule has 0 aliphatic carbocycles. The zero-order valence-electron chi connectivity index (χ0n) is 18.3. The molecular formula is C27H21ClN2O4. The minimum atomic E-state index is -1.04. The summed E-state index contributed by atoms with van der Waals surface area (Å²) in [6, 6.07) is 20.4. The first-order chi connectivity index (χ1) is 16.3. The van der Waals surface area contributed by atoms with Gasteiger partial charge in [0.1, 0.15) is 5.69 Å². The van der Waals surface area contributed by atoms with E-state index in [1.54, 1.807) is 37.3 Å². The van der Waals surface area contributed by atoms with E-state index in [1.165, 1.54) is 22.8 Å². The molecule has 34 heavy (non-hydrogen) atoms. The predicted molar refractivity (Wildman–Crippen MR) is 133 cm³/mol. The number of aromatic carboxylic acids is 1. The molecule has 0 saturated carbocycles. The second-order valence-corrected chi connectivity index (χ2v) is 8.36. The first kappa shape index (κ1) is 23.0. The number of allylic oxidation sites excluding steroid dienone is 2. The van der Waals surface area contributed by atoms with Gasteiger partial charge in [-0.2, -0.15) is 0 Å². The lowest BCUT2D eigenvalue weighted by Crippen LogP contribution is -2.28. The van der Waals surface area contributed by atoms with Crippen molar-refractivity contribution in [1.82, 2.24) is 4.57 Å². The van der Waals surface area contributed by atoms with Gasteiger partial charge in [0.05, 0.1) is 12.1 Å². The number of hydrogen-bond acceptors (Lipinski definition) is 4. The number of rotatable bonds is 6. The first-order valence-electron chi connectivity index (χ1n) is 10.5. The number of ketones is 1. The molecule has 0 bridgehead atoms. The van der Waals surface area contributed by atoms with E-state index in [9.17, 15) is 19.5 Å². The maximum Gasteiger partial charge on any atom is 0.335 e. The minimum Gasteiger partial charge on any atom is -0.478 e. The molecule has 0 aliphatic heterocycles. The summed E-state index contributed by atoms with van der Waals surface area (Å²) in [4.78, 5) is 38.3. The quantitative estimate of drug-likeness (QED) is 0.300. The number of nitrogens with zero attached hydrogens (tertiary/aromatic N) is 1. The Kier molecular flexibility index (Phi) is 6.34. The van der Waals surface area contributed by atoms with Crippen molar-refractivity contribution >= 4 is 34.1 Å². The monoisotopic (exact) mass is 472 g/mol. The maximum atomic E-state index is 13.6. The highest BCUT2D eigenvalue weighted by molar-refractivity contribution is 6.31. The number of carbonyl (C=O) groups is 2. The van der Waals surface area contributed by atoms with Crippen LogP contribution in [0, 0.1) is 0 Å². The Hall–Kier alpha value is -4.16. The molecule has 0 aliphatic rings. The number of hydrogen-bond donors (Lipinski definition) is 2. The van der Waals surface area contributed by atoms with Crippen molar-refractivity contribution in [2.75, 3.05) is 0 Å². The molecule has 0 fully saturated rings. The Morgan fingerprint density at radius 2 is 1.68 bits per heavy atom. The number of carbonyl (C=O) groups excluding carboxylic acids is 1. The van der Waals surface area contributed by atoms with Crippen LogP contribution in [0.2, 0.25) is 5.02 Å². The smallest absolute Gasteiger partial charge is 0.335 e. The van der Waals surface area contributed by atoms with Gasteiger partial charge < -0.3 is 10.8 Å². The van der Waals surface area contributed by atoms with Crippen LogP contribution in [0.3, 0.4) is 0 Å². The van der Waals surface area contributed by atoms with E-state index in [4.69, 9.17) is 17.3 Å². The van der Waals surface area contributed by atoms with Crippen LogP contribution < -0.4 is 11.3 Å². The van der Waals surface area contributed by atoms with Crippen LogP contribution in [-0.4, -0.2) is 21.4 Å². The summed E-state index contributed by atoms with van der Waals surface area (Å²) in [5.41, 5.74) is 8.06. The number of carboxylic acids is 1. The molecule has 3 aromatic carbocycles. The summed E-state index contributed by atoms with van der Waals surface area (Å²) in [6.07, 6.45) is 1.29. The largest absolute Gasteiger partial charge is 0.478 e. The van der Waals surface area contributed by atoms with Crippen LogP contribution in [0.15, 0.2) is 89.4 Å². The number of benzene rings is 3. The first-order valence-corrected chi connectivity index (χ1v) is 10.9. The predicted octanol–water partition coefficient (Wildman–Crippen LogP) is 5.11. The summed E-state index contributed by atoms with van der Waals surface area (Å²) < 4.78 is 1.41. The molecule has 4 aromatic rings. The molecule has 0 saturated heterocycles. The fraction of sp³-hybridized carbons (Fsp3) is 0.0741. The van der Waals surface area contributed by atoms with Crippen molar-refractivity contribution in [3.8, 4) is 11.1 Å². The number of pyridine rings is 1. The SMILES string of the molecule is C/C(N)=C/C(=O)c1c(-c2ccccc2)c2cc(Cl)ccc2c(=O)n1Cc1ccc(C(=O)O)cc1. The van der Waals surface area contributed by atoms with Crippen molar-refractivity contribution in [2.24, 2.45) is 5.73 Å². The van der Waals surface area contributed by atoms with E-state index >= 15 is 0 Å². The molecule has 3 N–H and O–H groups in total. The third-order valence-electron chi connectivity index (χ3n) is 5.43. The lowest BCUT2D eigenvalue weighted by Gasteiger charge is -2.19. The molecule has 0 radical (unpaired) electrons. The standard InChI is InChI=1S/C27H21ClN2O4/c1-16(29)13-23(31)25-24(18-5-3-2-4-6-18)22-14-20(28)11-12-21(22)26(32)30(25)15-17-7-9-19(10-8-17)27(33)34/h2-14H,15,29H2,1H3,(H,33,34)/b16-13-. The molecular weight excluding hydrogens is 452 g/mol. The van der Waals surface area contributed by atoms with Crippen molar-refractivity contribution in [1.29, 1.82) is 0 Å². The average molecular weight is 473 g/mol. The Morgan fingerprint density at radius 3 is 2.29 bits per heavy atom. The van der Waals surface area contributed by atoms with Crippen molar-refractivity contribution < 1.29 is 14.7 Å². The number of aromatic nitrogens is 1. The molecule has 0 atom stereocenters. The van der Waals surface area contributed by atoms with Crippen LogP contribution in [0.4, 0.5) is 0 Å². The normalized spacial score (nSPS) is 11.5. The highest BCUT2D eigenvalue weighted by atomic mass is 35.5. The highest BCUT2D eigenvalue weighted by Gasteiger charge is 2.23. The van der Waals surface area contributed by atoms with Crippen LogP contribution in [0.5, 0.6) is 0 Å². The molecule has 7 heteroatoms. The topological polar surface area (TPSA) is 102 Å². The van der Waals surface area contributed by atoms with Crippen LogP contribution in [-0.2, 0) is 6.54 Å². The number of fused-ring (bicyclic) bond motifs is 1. The molecule has 1 heterocycles. The average Bonchev–Trinajstić information content (AvgIpc) is 2.81. The van der Waals surface area contributed by atoms with Crippen molar-refractivity contribution in [2.45, 2.75) is 13.5 Å². The Bertz CT molecular complexity index is 1500. The van der Waals surface area contributed by atoms with Gasteiger partial charge in [-0.1, -0.05) is 54.1 Å². The van der Waals surface area contributed by atoms with Crippen molar-refractivity contribution in [3.63, 3.8) is 0 Å². The molecule has 0 amide bonds. The zero-order chi connectivity index (χ0) is 24.4. The van der Waals surface area contributed by atoms with E-state index < -0.39 is 11.8 Å². The molecule has 0 spiro atoms. The van der Waals surface area contributed by atoms with Gasteiger partial charge >= 0.3 is 5.97 Å². The van der Waals surface area contributed by atoms with E-state index in [2.05, 4.69) is 0 Å². The van der Waals surface area contributed by atoms with Crippen LogP contribution in [0.1, 0.15) is 33.3 Å². The van der Waals surface area contributed by atoms with E-state index in [0.29, 0.717) is 32.6 Å². The lowest BCUT2D eigenvalue weighted by atomic mass is 9.94. The van der Waals surface area contributed by atoms with E-state index in [-0.39, 0.29) is 23.4 Å². The van der Waals surface area contributed by atoms with Crippen LogP contribution in [0.25, 0.3) is 21.9 Å². The number of carboxylic acid groups (broad SMARTS) is 1. The second kappa shape index (κ2) is 9.37. The van der Waals surface area contributed by atoms with Gasteiger partial charge in [-0.25, -0.2) is 4.79 Å². The zero-order valence-corrected chi connectivity index (χ0v) is 19.0. The van der Waals surface area contributed by atoms with Gasteiger partial charge in [-0.15, -0.1) is 0 Å². The summed E-state index contributed by atoms with van der Waals surface area (Å²) in [7, 11) is 0. The van der Waals surface area contributed by atoms with Gasteiger partial charge in [0.15, 0.2) is 0 Å². The van der Waals surface area contributed by atoms with E-state index in [0.717, 1.165) is 5.56 Å². The van der Waals surface area contributed by atoms with Crippen molar-refractivity contribution in [3.05, 3.63) is 117 Å². The third kappa shape index (κ3) is 4.49. The van der Waals surface area contributed by atoms with Gasteiger partial charge in [-0.05, 0) is 53.8 Å². The van der Waals surface area contributed by atoms with Gasteiger partial charge in [0.2, 0.25) is 5.78 Å².